The highest BCUT2D eigenvalue weighted by Crippen LogP contribution is 2.23. The van der Waals surface area contributed by atoms with E-state index in [-0.39, 0.29) is 17.9 Å². The van der Waals surface area contributed by atoms with Crippen molar-refractivity contribution in [2.24, 2.45) is 0 Å². The van der Waals surface area contributed by atoms with Gasteiger partial charge in [0.2, 0.25) is 5.78 Å². The lowest BCUT2D eigenvalue weighted by Crippen LogP contribution is -2.37. The number of benzene rings is 2. The average molecular weight is 433 g/mol. The van der Waals surface area contributed by atoms with E-state index in [9.17, 15) is 9.59 Å². The standard InChI is InChI=1S/C24H20N2O2S2/c27-23(20-12-7-15-29-20)21-14-13-19(30-21)16-25-24(28)26-22(17-8-3-1-4-9-17)18-10-5-2-6-11-18/h1-15,22H,16H2,(H2,25,26,28). The highest BCUT2D eigenvalue weighted by atomic mass is 32.1. The van der Waals surface area contributed by atoms with Crippen molar-refractivity contribution in [1.82, 2.24) is 10.6 Å². The van der Waals surface area contributed by atoms with Gasteiger partial charge in [0.05, 0.1) is 22.3 Å². The number of ketones is 1. The molecule has 2 amide bonds. The van der Waals surface area contributed by atoms with Gasteiger partial charge in [-0.15, -0.1) is 22.7 Å². The first-order valence-electron chi connectivity index (χ1n) is 9.52. The Balaban J connectivity index is 1.40. The number of nitrogens with one attached hydrogen (secondary N) is 2. The van der Waals surface area contributed by atoms with Gasteiger partial charge >= 0.3 is 6.03 Å². The van der Waals surface area contributed by atoms with Gasteiger partial charge in [-0.05, 0) is 34.7 Å². The molecule has 2 heterocycles. The monoisotopic (exact) mass is 432 g/mol. The summed E-state index contributed by atoms with van der Waals surface area (Å²) in [5.74, 6) is 0.0268. The summed E-state index contributed by atoms with van der Waals surface area (Å²) in [6, 6.07) is 26.7. The van der Waals surface area contributed by atoms with Crippen molar-refractivity contribution >= 4 is 34.5 Å². The molecule has 0 saturated heterocycles. The molecular formula is C24H20N2O2S2. The fourth-order valence-electron chi connectivity index (χ4n) is 3.12. The second-order valence-electron chi connectivity index (χ2n) is 6.65. The molecule has 0 aliphatic heterocycles. The molecule has 0 atom stereocenters. The quantitative estimate of drug-likeness (QED) is 0.372. The Labute approximate surface area is 183 Å². The van der Waals surface area contributed by atoms with Crippen LogP contribution in [0.3, 0.4) is 0 Å². The number of urea groups is 1. The van der Waals surface area contributed by atoms with E-state index in [0.29, 0.717) is 11.4 Å². The van der Waals surface area contributed by atoms with Gasteiger partial charge in [0.1, 0.15) is 0 Å². The van der Waals surface area contributed by atoms with Crippen LogP contribution < -0.4 is 10.6 Å². The summed E-state index contributed by atoms with van der Waals surface area (Å²) < 4.78 is 0. The van der Waals surface area contributed by atoms with Crippen molar-refractivity contribution in [3.63, 3.8) is 0 Å². The molecule has 2 N–H and O–H groups in total. The fourth-order valence-corrected chi connectivity index (χ4v) is 4.77. The van der Waals surface area contributed by atoms with Crippen LogP contribution in [0.15, 0.2) is 90.3 Å². The molecule has 0 radical (unpaired) electrons. The minimum Gasteiger partial charge on any atom is -0.333 e. The van der Waals surface area contributed by atoms with Crippen molar-refractivity contribution < 1.29 is 9.59 Å². The summed E-state index contributed by atoms with van der Waals surface area (Å²) in [5.41, 5.74) is 2.03. The Kier molecular flexibility index (Phi) is 6.37. The molecule has 0 aliphatic rings. The minimum absolute atomic E-state index is 0.0268. The smallest absolute Gasteiger partial charge is 0.315 e. The molecule has 6 heteroatoms. The molecule has 0 fully saturated rings. The molecule has 0 saturated carbocycles. The van der Waals surface area contributed by atoms with Gasteiger partial charge in [0, 0.05) is 4.88 Å². The molecule has 2 aromatic carbocycles. The molecule has 4 rings (SSSR count). The van der Waals surface area contributed by atoms with Gasteiger partial charge < -0.3 is 10.6 Å². The molecule has 2 aromatic heterocycles. The zero-order valence-electron chi connectivity index (χ0n) is 16.1. The molecular weight excluding hydrogens is 412 g/mol. The van der Waals surface area contributed by atoms with E-state index in [1.807, 2.05) is 90.3 Å². The first kappa shape index (κ1) is 20.1. The van der Waals surface area contributed by atoms with Crippen LogP contribution in [-0.4, -0.2) is 11.8 Å². The second-order valence-corrected chi connectivity index (χ2v) is 8.77. The molecule has 0 spiro atoms. The van der Waals surface area contributed by atoms with E-state index in [1.54, 1.807) is 0 Å². The van der Waals surface area contributed by atoms with Gasteiger partial charge in [0.15, 0.2) is 0 Å². The first-order valence-corrected chi connectivity index (χ1v) is 11.2. The van der Waals surface area contributed by atoms with Crippen molar-refractivity contribution in [3.8, 4) is 0 Å². The summed E-state index contributed by atoms with van der Waals surface area (Å²) in [5, 5.41) is 7.86. The van der Waals surface area contributed by atoms with E-state index >= 15 is 0 Å². The van der Waals surface area contributed by atoms with E-state index in [1.165, 1.54) is 22.7 Å². The third-order valence-corrected chi connectivity index (χ3v) is 6.55. The Hall–Kier alpha value is -3.22. The van der Waals surface area contributed by atoms with Gasteiger partial charge in [-0.3, -0.25) is 4.79 Å². The Morgan fingerprint density at radius 1 is 0.767 bits per heavy atom. The van der Waals surface area contributed by atoms with E-state index in [2.05, 4.69) is 10.6 Å². The zero-order valence-corrected chi connectivity index (χ0v) is 17.7. The predicted octanol–water partition coefficient (Wildman–Crippen LogP) is 5.63. The van der Waals surface area contributed by atoms with Crippen LogP contribution in [0, 0.1) is 0 Å². The molecule has 0 unspecified atom stereocenters. The maximum Gasteiger partial charge on any atom is 0.315 e. The Morgan fingerprint density at radius 2 is 1.43 bits per heavy atom. The minimum atomic E-state index is -0.257. The maximum absolute atomic E-state index is 12.6. The van der Waals surface area contributed by atoms with Crippen molar-refractivity contribution in [2.45, 2.75) is 12.6 Å². The molecule has 150 valence electrons. The fraction of sp³-hybridized carbons (Fsp3) is 0.0833. The summed E-state index contributed by atoms with van der Waals surface area (Å²) in [7, 11) is 0. The first-order chi connectivity index (χ1) is 14.7. The lowest BCUT2D eigenvalue weighted by atomic mass is 9.99. The van der Waals surface area contributed by atoms with Gasteiger partial charge in [0.25, 0.3) is 0 Å². The summed E-state index contributed by atoms with van der Waals surface area (Å²) in [4.78, 5) is 27.4. The third-order valence-electron chi connectivity index (χ3n) is 4.59. The van der Waals surface area contributed by atoms with Crippen molar-refractivity contribution in [3.05, 3.63) is 116 Å². The number of rotatable bonds is 7. The van der Waals surface area contributed by atoms with Crippen molar-refractivity contribution in [1.29, 1.82) is 0 Å². The molecule has 0 aliphatic carbocycles. The van der Waals surface area contributed by atoms with Gasteiger partial charge in [-0.1, -0.05) is 66.7 Å². The predicted molar refractivity (Wildman–Crippen MR) is 122 cm³/mol. The van der Waals surface area contributed by atoms with E-state index < -0.39 is 0 Å². The van der Waals surface area contributed by atoms with Crippen LogP contribution in [0.2, 0.25) is 0 Å². The highest BCUT2D eigenvalue weighted by Gasteiger charge is 2.17. The topological polar surface area (TPSA) is 58.2 Å². The van der Waals surface area contributed by atoms with Gasteiger partial charge in [-0.2, -0.15) is 0 Å². The average Bonchev–Trinajstić information content (AvgIpc) is 3.49. The second kappa shape index (κ2) is 9.52. The van der Waals surface area contributed by atoms with Crippen LogP contribution >= 0.6 is 22.7 Å². The van der Waals surface area contributed by atoms with Crippen molar-refractivity contribution in [2.75, 3.05) is 0 Å². The largest absolute Gasteiger partial charge is 0.333 e. The zero-order chi connectivity index (χ0) is 20.8. The Morgan fingerprint density at radius 3 is 2.03 bits per heavy atom. The number of hydrogen-bond acceptors (Lipinski definition) is 4. The Bertz CT molecular complexity index is 1070. The lowest BCUT2D eigenvalue weighted by Gasteiger charge is -2.20. The van der Waals surface area contributed by atoms with Crippen LogP contribution in [0.5, 0.6) is 0 Å². The summed E-state index contributed by atoms with van der Waals surface area (Å²) in [6.07, 6.45) is 0. The van der Waals surface area contributed by atoms with Gasteiger partial charge in [-0.25, -0.2) is 4.79 Å². The lowest BCUT2D eigenvalue weighted by molar-refractivity contribution is 0.104. The van der Waals surface area contributed by atoms with E-state index in [0.717, 1.165) is 20.9 Å². The molecule has 4 nitrogen and oxygen atoms in total. The third kappa shape index (κ3) is 4.84. The summed E-state index contributed by atoms with van der Waals surface area (Å²) >= 11 is 2.84. The molecule has 4 aromatic rings. The van der Waals surface area contributed by atoms with Crippen LogP contribution in [-0.2, 0) is 6.54 Å². The number of carbonyl (C=O) groups excluding carboxylic acids is 2. The molecule has 0 bridgehead atoms. The number of carbonyl (C=O) groups is 2. The normalized spacial score (nSPS) is 10.7. The van der Waals surface area contributed by atoms with Crippen LogP contribution in [0.1, 0.15) is 36.6 Å². The van der Waals surface area contributed by atoms with Crippen LogP contribution in [0.25, 0.3) is 0 Å². The number of amides is 2. The maximum atomic E-state index is 12.6. The SMILES string of the molecule is O=C(NCc1ccc(C(=O)c2cccs2)s1)NC(c1ccccc1)c1ccccc1. The number of hydrogen-bond donors (Lipinski definition) is 2. The highest BCUT2D eigenvalue weighted by molar-refractivity contribution is 7.16. The molecule has 30 heavy (non-hydrogen) atoms. The van der Waals surface area contributed by atoms with E-state index in [4.69, 9.17) is 0 Å². The van der Waals surface area contributed by atoms with Crippen LogP contribution in [0.4, 0.5) is 4.79 Å². The summed E-state index contributed by atoms with van der Waals surface area (Å²) in [6.45, 7) is 0.366. The number of thiophene rings is 2.